The molecule has 1 aromatic rings. The Bertz CT molecular complexity index is 427. The monoisotopic (exact) mass is 276 g/mol. The molecule has 0 unspecified atom stereocenters. The highest BCUT2D eigenvalue weighted by Crippen LogP contribution is 2.33. The maximum Gasteiger partial charge on any atom is 0.0606 e. The Morgan fingerprint density at radius 1 is 1.35 bits per heavy atom. The van der Waals surface area contributed by atoms with E-state index in [0.29, 0.717) is 12.0 Å². The molecule has 0 aliphatic heterocycles. The summed E-state index contributed by atoms with van der Waals surface area (Å²) in [5, 5.41) is 12.7. The van der Waals surface area contributed by atoms with Crippen LogP contribution < -0.4 is 10.2 Å². The summed E-state index contributed by atoms with van der Waals surface area (Å²) in [5.41, 5.74) is 3.94. The van der Waals surface area contributed by atoms with Gasteiger partial charge in [-0.15, -0.1) is 0 Å². The van der Waals surface area contributed by atoms with Gasteiger partial charge >= 0.3 is 0 Å². The molecule has 3 heteroatoms. The standard InChI is InChI=1S/C17H28N2O/c1-13(2)11-18-12-15-4-7-17(14(3)10-15)19(8-9-20)16-5-6-16/h4,7,10,13,16,18,20H,5-6,8-9,11-12H2,1-3H3. The van der Waals surface area contributed by atoms with Crippen LogP contribution in [0, 0.1) is 12.8 Å². The van der Waals surface area contributed by atoms with Gasteiger partial charge in [-0.3, -0.25) is 0 Å². The van der Waals surface area contributed by atoms with Gasteiger partial charge in [0.2, 0.25) is 0 Å². The summed E-state index contributed by atoms with van der Waals surface area (Å²) in [6, 6.07) is 7.35. The topological polar surface area (TPSA) is 35.5 Å². The highest BCUT2D eigenvalue weighted by Gasteiger charge is 2.29. The van der Waals surface area contributed by atoms with Gasteiger partial charge in [-0.2, -0.15) is 0 Å². The number of aliphatic hydroxyl groups excluding tert-OH is 1. The van der Waals surface area contributed by atoms with Crippen LogP contribution >= 0.6 is 0 Å². The van der Waals surface area contributed by atoms with Crippen molar-refractivity contribution < 1.29 is 5.11 Å². The Morgan fingerprint density at radius 3 is 2.65 bits per heavy atom. The van der Waals surface area contributed by atoms with Crippen molar-refractivity contribution in [2.75, 3.05) is 24.6 Å². The summed E-state index contributed by atoms with van der Waals surface area (Å²) >= 11 is 0. The maximum absolute atomic E-state index is 9.24. The third-order valence-electron chi connectivity index (χ3n) is 3.78. The number of hydrogen-bond acceptors (Lipinski definition) is 3. The van der Waals surface area contributed by atoms with Crippen molar-refractivity contribution in [3.05, 3.63) is 29.3 Å². The van der Waals surface area contributed by atoms with Crippen molar-refractivity contribution >= 4 is 5.69 Å². The normalized spacial score (nSPS) is 14.8. The number of anilines is 1. The molecule has 1 saturated carbocycles. The van der Waals surface area contributed by atoms with Gasteiger partial charge in [0, 0.05) is 24.8 Å². The van der Waals surface area contributed by atoms with E-state index in [4.69, 9.17) is 0 Å². The van der Waals surface area contributed by atoms with Gasteiger partial charge < -0.3 is 15.3 Å². The second-order valence-corrected chi connectivity index (χ2v) is 6.29. The summed E-state index contributed by atoms with van der Waals surface area (Å²) in [6.45, 7) is 9.59. The lowest BCUT2D eigenvalue weighted by molar-refractivity contribution is 0.301. The Balaban J connectivity index is 2.00. The number of benzene rings is 1. The molecule has 112 valence electrons. The van der Waals surface area contributed by atoms with E-state index < -0.39 is 0 Å². The van der Waals surface area contributed by atoms with Crippen LogP contribution in [-0.4, -0.2) is 30.8 Å². The minimum atomic E-state index is 0.230. The molecule has 2 rings (SSSR count). The first-order valence-corrected chi connectivity index (χ1v) is 7.79. The van der Waals surface area contributed by atoms with Crippen LogP contribution in [0.3, 0.4) is 0 Å². The molecule has 1 aliphatic carbocycles. The van der Waals surface area contributed by atoms with E-state index in [-0.39, 0.29) is 6.61 Å². The summed E-state index contributed by atoms with van der Waals surface area (Å²) < 4.78 is 0. The van der Waals surface area contributed by atoms with E-state index in [1.54, 1.807) is 0 Å². The summed E-state index contributed by atoms with van der Waals surface area (Å²) in [6.07, 6.45) is 2.52. The Hall–Kier alpha value is -1.06. The van der Waals surface area contributed by atoms with Gasteiger partial charge in [-0.05, 0) is 49.4 Å². The van der Waals surface area contributed by atoms with Gasteiger partial charge in [-0.25, -0.2) is 0 Å². The van der Waals surface area contributed by atoms with E-state index in [1.165, 1.54) is 29.7 Å². The van der Waals surface area contributed by atoms with Gasteiger partial charge in [0.1, 0.15) is 0 Å². The molecular formula is C17H28N2O. The van der Waals surface area contributed by atoms with Gasteiger partial charge in [0.15, 0.2) is 0 Å². The molecular weight excluding hydrogens is 248 g/mol. The second-order valence-electron chi connectivity index (χ2n) is 6.29. The third kappa shape index (κ3) is 4.22. The van der Waals surface area contributed by atoms with Crippen LogP contribution in [0.5, 0.6) is 0 Å². The number of hydrogen-bond donors (Lipinski definition) is 2. The zero-order valence-electron chi connectivity index (χ0n) is 13.0. The molecule has 3 nitrogen and oxygen atoms in total. The van der Waals surface area contributed by atoms with Crippen molar-refractivity contribution in [2.24, 2.45) is 5.92 Å². The average Bonchev–Trinajstić information content (AvgIpc) is 3.21. The molecule has 20 heavy (non-hydrogen) atoms. The largest absolute Gasteiger partial charge is 0.395 e. The minimum absolute atomic E-state index is 0.230. The van der Waals surface area contributed by atoms with E-state index >= 15 is 0 Å². The highest BCUT2D eigenvalue weighted by molar-refractivity contribution is 5.56. The number of rotatable bonds is 8. The predicted octanol–water partition coefficient (Wildman–Crippen LogP) is 2.70. The Labute approximate surface area is 123 Å². The third-order valence-corrected chi connectivity index (χ3v) is 3.78. The number of nitrogens with zero attached hydrogens (tertiary/aromatic N) is 1. The fourth-order valence-corrected chi connectivity index (χ4v) is 2.65. The molecule has 0 heterocycles. The molecule has 0 amide bonds. The first-order valence-electron chi connectivity index (χ1n) is 7.79. The van der Waals surface area contributed by atoms with Gasteiger partial charge in [0.25, 0.3) is 0 Å². The van der Waals surface area contributed by atoms with E-state index in [0.717, 1.165) is 19.6 Å². The van der Waals surface area contributed by atoms with Crippen LogP contribution in [0.25, 0.3) is 0 Å². The lowest BCUT2D eigenvalue weighted by atomic mass is 10.1. The molecule has 0 bridgehead atoms. The number of aliphatic hydroxyl groups is 1. The Kier molecular flexibility index (Phi) is 5.44. The van der Waals surface area contributed by atoms with Crippen molar-refractivity contribution in [2.45, 2.75) is 46.2 Å². The van der Waals surface area contributed by atoms with Crippen LogP contribution in [-0.2, 0) is 6.54 Å². The molecule has 0 saturated heterocycles. The first-order chi connectivity index (χ1) is 9.61. The van der Waals surface area contributed by atoms with E-state index in [9.17, 15) is 5.11 Å². The highest BCUT2D eigenvalue weighted by atomic mass is 16.3. The molecule has 0 atom stereocenters. The zero-order chi connectivity index (χ0) is 14.5. The van der Waals surface area contributed by atoms with Crippen molar-refractivity contribution in [3.8, 4) is 0 Å². The molecule has 1 fully saturated rings. The molecule has 0 spiro atoms. The van der Waals surface area contributed by atoms with Gasteiger partial charge in [0.05, 0.1) is 6.61 Å². The fourth-order valence-electron chi connectivity index (χ4n) is 2.65. The van der Waals surface area contributed by atoms with Crippen molar-refractivity contribution in [1.82, 2.24) is 5.32 Å². The summed E-state index contributed by atoms with van der Waals surface area (Å²) in [7, 11) is 0. The van der Waals surface area contributed by atoms with Gasteiger partial charge in [-0.1, -0.05) is 26.0 Å². The molecule has 1 aromatic carbocycles. The average molecular weight is 276 g/mol. The maximum atomic E-state index is 9.24. The lowest BCUT2D eigenvalue weighted by Crippen LogP contribution is -2.29. The summed E-state index contributed by atoms with van der Waals surface area (Å²) in [5.74, 6) is 0.685. The molecule has 0 aromatic heterocycles. The molecule has 1 aliphatic rings. The van der Waals surface area contributed by atoms with Crippen molar-refractivity contribution in [1.29, 1.82) is 0 Å². The fraction of sp³-hybridized carbons (Fsp3) is 0.647. The minimum Gasteiger partial charge on any atom is -0.395 e. The van der Waals surface area contributed by atoms with Crippen LogP contribution in [0.15, 0.2) is 18.2 Å². The first kappa shape index (κ1) is 15.3. The quantitative estimate of drug-likeness (QED) is 0.766. The molecule has 2 N–H and O–H groups in total. The number of aryl methyl sites for hydroxylation is 1. The van der Waals surface area contributed by atoms with Crippen LogP contribution in [0.1, 0.15) is 37.8 Å². The zero-order valence-corrected chi connectivity index (χ0v) is 13.0. The van der Waals surface area contributed by atoms with Crippen molar-refractivity contribution in [3.63, 3.8) is 0 Å². The molecule has 0 radical (unpaired) electrons. The van der Waals surface area contributed by atoms with E-state index in [1.807, 2.05) is 0 Å². The smallest absolute Gasteiger partial charge is 0.0606 e. The lowest BCUT2D eigenvalue weighted by Gasteiger charge is -2.26. The Morgan fingerprint density at radius 2 is 2.10 bits per heavy atom. The SMILES string of the molecule is Cc1cc(CNCC(C)C)ccc1N(CCO)C1CC1. The predicted molar refractivity (Wildman–Crippen MR) is 85.2 cm³/mol. The summed E-state index contributed by atoms with van der Waals surface area (Å²) in [4.78, 5) is 2.36. The number of nitrogens with one attached hydrogen (secondary N) is 1. The van der Waals surface area contributed by atoms with E-state index in [2.05, 4.69) is 49.2 Å². The van der Waals surface area contributed by atoms with Crippen LogP contribution in [0.2, 0.25) is 0 Å². The van der Waals surface area contributed by atoms with Crippen LogP contribution in [0.4, 0.5) is 5.69 Å². The second kappa shape index (κ2) is 7.09.